The quantitative estimate of drug-likeness (QED) is 0.835. The van der Waals surface area contributed by atoms with E-state index in [0.29, 0.717) is 37.6 Å². The van der Waals surface area contributed by atoms with Crippen LogP contribution < -0.4 is 14.8 Å². The summed E-state index contributed by atoms with van der Waals surface area (Å²) in [6.45, 7) is 4.95. The van der Waals surface area contributed by atoms with Crippen LogP contribution in [0.25, 0.3) is 0 Å². The van der Waals surface area contributed by atoms with Crippen molar-refractivity contribution in [1.29, 1.82) is 0 Å². The maximum atomic E-state index is 11.9. The Labute approximate surface area is 118 Å². The number of aliphatic hydroxyl groups is 1. The highest BCUT2D eigenvalue weighted by atomic mass is 16.5. The van der Waals surface area contributed by atoms with Gasteiger partial charge in [-0.1, -0.05) is 0 Å². The van der Waals surface area contributed by atoms with Gasteiger partial charge >= 0.3 is 0 Å². The molecule has 2 rings (SSSR count). The third-order valence-corrected chi connectivity index (χ3v) is 3.34. The molecule has 0 aromatic heterocycles. The Hall–Kier alpha value is -1.75. The fourth-order valence-corrected chi connectivity index (χ4v) is 2.41. The van der Waals surface area contributed by atoms with Crippen molar-refractivity contribution in [2.24, 2.45) is 5.92 Å². The molecule has 1 atom stereocenters. The summed E-state index contributed by atoms with van der Waals surface area (Å²) in [6, 6.07) is 3.74. The van der Waals surface area contributed by atoms with E-state index in [4.69, 9.17) is 14.6 Å². The molecule has 1 amide bonds. The van der Waals surface area contributed by atoms with Crippen molar-refractivity contribution in [3.8, 4) is 11.5 Å². The van der Waals surface area contributed by atoms with E-state index >= 15 is 0 Å². The molecule has 0 fully saturated rings. The van der Waals surface area contributed by atoms with Crippen LogP contribution in [-0.2, 0) is 11.2 Å². The molecule has 2 N–H and O–H groups in total. The van der Waals surface area contributed by atoms with Crippen LogP contribution in [0, 0.1) is 5.92 Å². The number of nitrogens with one attached hydrogen (secondary N) is 1. The highest BCUT2D eigenvalue weighted by Gasteiger charge is 2.27. The summed E-state index contributed by atoms with van der Waals surface area (Å²) >= 11 is 0. The van der Waals surface area contributed by atoms with Crippen molar-refractivity contribution < 1.29 is 19.4 Å². The standard InChI is InChI=1S/C15H21NO4/c1-3-19-13-8-11-7-10(5-6-17)15(18)16-12(11)9-14(13)20-4-2/h8-10,17H,3-7H2,1-2H3,(H,16,18). The Morgan fingerprint density at radius 1 is 1.25 bits per heavy atom. The number of carbonyl (C=O) groups excluding carboxylic acids is 1. The summed E-state index contributed by atoms with van der Waals surface area (Å²) in [5.74, 6) is 1.12. The molecule has 20 heavy (non-hydrogen) atoms. The number of rotatable bonds is 6. The van der Waals surface area contributed by atoms with E-state index in [0.717, 1.165) is 11.3 Å². The lowest BCUT2D eigenvalue weighted by molar-refractivity contribution is -0.120. The fraction of sp³-hybridized carbons (Fsp3) is 0.533. The molecular weight excluding hydrogens is 258 g/mol. The maximum Gasteiger partial charge on any atom is 0.227 e. The van der Waals surface area contributed by atoms with E-state index in [1.54, 1.807) is 0 Å². The molecule has 0 saturated heterocycles. The van der Waals surface area contributed by atoms with Crippen molar-refractivity contribution in [2.45, 2.75) is 26.7 Å². The molecule has 0 saturated carbocycles. The Kier molecular flexibility index (Phi) is 4.84. The SMILES string of the molecule is CCOc1cc2c(cc1OCC)NC(=O)C(CCO)C2. The highest BCUT2D eigenvalue weighted by Crippen LogP contribution is 2.37. The summed E-state index contributed by atoms with van der Waals surface area (Å²) in [4.78, 5) is 11.9. The van der Waals surface area contributed by atoms with Gasteiger partial charge in [-0.3, -0.25) is 4.79 Å². The summed E-state index contributed by atoms with van der Waals surface area (Å²) < 4.78 is 11.1. The molecule has 1 heterocycles. The minimum absolute atomic E-state index is 0.0166. The first-order valence-corrected chi connectivity index (χ1v) is 7.03. The Morgan fingerprint density at radius 3 is 2.50 bits per heavy atom. The second-order valence-electron chi connectivity index (χ2n) is 4.72. The van der Waals surface area contributed by atoms with Crippen LogP contribution >= 0.6 is 0 Å². The first-order chi connectivity index (χ1) is 9.69. The van der Waals surface area contributed by atoms with E-state index < -0.39 is 0 Å². The zero-order valence-corrected chi connectivity index (χ0v) is 11.9. The van der Waals surface area contributed by atoms with Crippen LogP contribution in [0.3, 0.4) is 0 Å². The molecule has 0 bridgehead atoms. The molecule has 1 unspecified atom stereocenters. The lowest BCUT2D eigenvalue weighted by atomic mass is 9.90. The van der Waals surface area contributed by atoms with Crippen LogP contribution in [-0.4, -0.2) is 30.8 Å². The predicted octanol–water partition coefficient (Wildman–Crippen LogP) is 1.98. The summed E-state index contributed by atoms with van der Waals surface area (Å²) in [5, 5.41) is 11.9. The van der Waals surface area contributed by atoms with Gasteiger partial charge < -0.3 is 19.9 Å². The predicted molar refractivity (Wildman–Crippen MR) is 76.3 cm³/mol. The Balaban J connectivity index is 2.31. The smallest absolute Gasteiger partial charge is 0.227 e. The number of hydrogen-bond acceptors (Lipinski definition) is 4. The molecule has 5 heteroatoms. The second kappa shape index (κ2) is 6.61. The van der Waals surface area contributed by atoms with Crippen LogP contribution in [0.4, 0.5) is 5.69 Å². The van der Waals surface area contributed by atoms with E-state index in [2.05, 4.69) is 5.32 Å². The van der Waals surface area contributed by atoms with Gasteiger partial charge in [0.2, 0.25) is 5.91 Å². The molecule has 0 spiro atoms. The monoisotopic (exact) mass is 279 g/mol. The van der Waals surface area contributed by atoms with Crippen molar-refractivity contribution in [3.05, 3.63) is 17.7 Å². The average Bonchev–Trinajstić information content (AvgIpc) is 2.42. The van der Waals surface area contributed by atoms with Crippen molar-refractivity contribution in [2.75, 3.05) is 25.1 Å². The molecule has 1 aliphatic rings. The van der Waals surface area contributed by atoms with Gasteiger partial charge in [-0.2, -0.15) is 0 Å². The number of carbonyl (C=O) groups is 1. The van der Waals surface area contributed by atoms with Gasteiger partial charge in [-0.05, 0) is 38.3 Å². The first kappa shape index (κ1) is 14.7. The van der Waals surface area contributed by atoms with Gasteiger partial charge in [0.25, 0.3) is 0 Å². The van der Waals surface area contributed by atoms with E-state index in [9.17, 15) is 4.79 Å². The molecule has 5 nitrogen and oxygen atoms in total. The third-order valence-electron chi connectivity index (χ3n) is 3.34. The van der Waals surface area contributed by atoms with Gasteiger partial charge in [0.15, 0.2) is 11.5 Å². The minimum Gasteiger partial charge on any atom is -0.490 e. The normalized spacial score (nSPS) is 17.4. The van der Waals surface area contributed by atoms with Gasteiger partial charge in [0.05, 0.1) is 13.2 Å². The largest absolute Gasteiger partial charge is 0.490 e. The third kappa shape index (κ3) is 3.04. The Morgan fingerprint density at radius 2 is 1.90 bits per heavy atom. The van der Waals surface area contributed by atoms with Gasteiger partial charge in [-0.25, -0.2) is 0 Å². The topological polar surface area (TPSA) is 67.8 Å². The van der Waals surface area contributed by atoms with Gasteiger partial charge in [0, 0.05) is 24.3 Å². The second-order valence-corrected chi connectivity index (χ2v) is 4.72. The van der Waals surface area contributed by atoms with E-state index in [-0.39, 0.29) is 18.4 Å². The van der Waals surface area contributed by atoms with Gasteiger partial charge in [-0.15, -0.1) is 0 Å². The maximum absolute atomic E-state index is 11.9. The number of benzene rings is 1. The van der Waals surface area contributed by atoms with Crippen molar-refractivity contribution in [3.63, 3.8) is 0 Å². The zero-order chi connectivity index (χ0) is 14.5. The van der Waals surface area contributed by atoms with E-state index in [1.165, 1.54) is 0 Å². The molecular formula is C15H21NO4. The molecule has 1 aromatic carbocycles. The summed E-state index contributed by atoms with van der Waals surface area (Å²) in [5.41, 5.74) is 1.80. The van der Waals surface area contributed by atoms with Gasteiger partial charge in [0.1, 0.15) is 0 Å². The number of ether oxygens (including phenoxy) is 2. The zero-order valence-electron chi connectivity index (χ0n) is 11.9. The number of aliphatic hydroxyl groups excluding tert-OH is 1. The number of fused-ring (bicyclic) bond motifs is 1. The van der Waals surface area contributed by atoms with Crippen LogP contribution in [0.1, 0.15) is 25.8 Å². The molecule has 0 aliphatic carbocycles. The van der Waals surface area contributed by atoms with Crippen molar-refractivity contribution in [1.82, 2.24) is 0 Å². The lowest BCUT2D eigenvalue weighted by Crippen LogP contribution is -2.30. The lowest BCUT2D eigenvalue weighted by Gasteiger charge is -2.25. The van der Waals surface area contributed by atoms with Crippen LogP contribution in [0.5, 0.6) is 11.5 Å². The van der Waals surface area contributed by atoms with Crippen LogP contribution in [0.2, 0.25) is 0 Å². The summed E-state index contributed by atoms with van der Waals surface area (Å²) in [6.07, 6.45) is 1.09. The number of anilines is 1. The Bertz CT molecular complexity index is 487. The van der Waals surface area contributed by atoms with E-state index in [1.807, 2.05) is 26.0 Å². The van der Waals surface area contributed by atoms with Crippen LogP contribution in [0.15, 0.2) is 12.1 Å². The first-order valence-electron chi connectivity index (χ1n) is 7.03. The highest BCUT2D eigenvalue weighted by molar-refractivity contribution is 5.96. The van der Waals surface area contributed by atoms with Crippen molar-refractivity contribution >= 4 is 11.6 Å². The fourth-order valence-electron chi connectivity index (χ4n) is 2.41. The number of hydrogen-bond donors (Lipinski definition) is 2. The minimum atomic E-state index is -0.181. The molecule has 1 aliphatic heterocycles. The average molecular weight is 279 g/mol. The summed E-state index contributed by atoms with van der Waals surface area (Å²) in [7, 11) is 0. The molecule has 1 aromatic rings. The molecule has 110 valence electrons. The number of amides is 1. The molecule has 0 radical (unpaired) electrons.